The number of rotatable bonds is 6. The molecule has 0 saturated carbocycles. The van der Waals surface area contributed by atoms with Crippen molar-refractivity contribution in [1.82, 2.24) is 19.5 Å². The van der Waals surface area contributed by atoms with Crippen LogP contribution in [-0.4, -0.2) is 34.2 Å². The third-order valence-corrected chi connectivity index (χ3v) is 8.75. The average molecular weight is 553 g/mol. The summed E-state index contributed by atoms with van der Waals surface area (Å²) in [6, 6.07) is 16.1. The van der Waals surface area contributed by atoms with Gasteiger partial charge in [0.2, 0.25) is 20.1 Å². The van der Waals surface area contributed by atoms with Gasteiger partial charge in [-0.15, -0.1) is 11.3 Å². The van der Waals surface area contributed by atoms with E-state index in [0.29, 0.717) is 43.4 Å². The Hall–Kier alpha value is -3.80. The van der Waals surface area contributed by atoms with Crippen molar-refractivity contribution in [3.8, 4) is 16.1 Å². The van der Waals surface area contributed by atoms with E-state index in [2.05, 4.69) is 20.3 Å². The quantitative estimate of drug-likeness (QED) is 0.309. The van der Waals surface area contributed by atoms with Gasteiger partial charge in [0.25, 0.3) is 5.56 Å². The molecule has 0 spiro atoms. The molecule has 5 rings (SSSR count). The lowest BCUT2D eigenvalue weighted by atomic mass is 10.1. The highest BCUT2D eigenvalue weighted by Gasteiger charge is 2.21. The molecule has 3 aromatic heterocycles. The number of halogens is 1. The van der Waals surface area contributed by atoms with E-state index in [4.69, 9.17) is 17.3 Å². The van der Waals surface area contributed by atoms with Gasteiger partial charge in [-0.25, -0.2) is 18.4 Å². The second kappa shape index (κ2) is 9.58. The molecule has 0 saturated heterocycles. The van der Waals surface area contributed by atoms with E-state index in [1.54, 1.807) is 16.7 Å². The largest absolute Gasteiger partial charge is 0.368 e. The zero-order chi connectivity index (χ0) is 26.3. The number of nitrogens with one attached hydrogen (secondary N) is 1. The molecule has 3 heterocycles. The molecule has 188 valence electrons. The van der Waals surface area contributed by atoms with Crippen molar-refractivity contribution in [2.24, 2.45) is 0 Å². The maximum Gasteiger partial charge on any atom is 0.264 e. The fourth-order valence-electron chi connectivity index (χ4n) is 4.02. The van der Waals surface area contributed by atoms with Crippen LogP contribution in [0.5, 0.6) is 0 Å². The second-order valence-corrected chi connectivity index (χ2v) is 12.0. The number of nitrogens with two attached hydrogens (primary N) is 1. The van der Waals surface area contributed by atoms with Crippen LogP contribution in [0.25, 0.3) is 26.9 Å². The smallest absolute Gasteiger partial charge is 0.264 e. The van der Waals surface area contributed by atoms with Crippen molar-refractivity contribution in [1.29, 1.82) is 0 Å². The first-order valence-corrected chi connectivity index (χ1v) is 14.2. The number of sulfone groups is 1. The molecule has 0 radical (unpaired) electrons. The summed E-state index contributed by atoms with van der Waals surface area (Å²) < 4.78 is 25.5. The van der Waals surface area contributed by atoms with Crippen molar-refractivity contribution < 1.29 is 8.42 Å². The van der Waals surface area contributed by atoms with E-state index in [9.17, 15) is 13.2 Å². The predicted octanol–water partition coefficient (Wildman–Crippen LogP) is 4.72. The van der Waals surface area contributed by atoms with Crippen molar-refractivity contribution in [3.05, 3.63) is 88.1 Å². The Morgan fingerprint density at radius 3 is 2.54 bits per heavy atom. The van der Waals surface area contributed by atoms with Gasteiger partial charge in [-0.05, 0) is 36.6 Å². The van der Waals surface area contributed by atoms with Gasteiger partial charge in [0, 0.05) is 30.0 Å². The highest BCUT2D eigenvalue weighted by atomic mass is 35.5. The standard InChI is InChI=1S/C25H21ClN6O3S2/c1-14(30-22-17(12-28-24(27)31-22)20-13-29-25(36-20)37(2,34)35)19-11-15-7-6-10-18(26)21(15)23(33)32(19)16-8-4-3-5-9-16/h3-14H,1-2H3,(H3,27,28,30,31). The van der Waals surface area contributed by atoms with E-state index in [0.717, 1.165) is 17.6 Å². The third-order valence-electron chi connectivity index (χ3n) is 5.71. The summed E-state index contributed by atoms with van der Waals surface area (Å²) in [6.45, 7) is 1.89. The lowest BCUT2D eigenvalue weighted by Crippen LogP contribution is -2.26. The number of hydrogen-bond donors (Lipinski definition) is 2. The highest BCUT2D eigenvalue weighted by Crippen LogP contribution is 2.35. The Morgan fingerprint density at radius 1 is 1.08 bits per heavy atom. The van der Waals surface area contributed by atoms with Crippen LogP contribution in [0.3, 0.4) is 0 Å². The summed E-state index contributed by atoms with van der Waals surface area (Å²) in [7, 11) is -3.47. The van der Waals surface area contributed by atoms with Gasteiger partial charge >= 0.3 is 0 Å². The predicted molar refractivity (Wildman–Crippen MR) is 147 cm³/mol. The molecule has 0 bridgehead atoms. The Balaban J connectivity index is 1.65. The Morgan fingerprint density at radius 2 is 1.84 bits per heavy atom. The molecule has 9 nitrogen and oxygen atoms in total. The van der Waals surface area contributed by atoms with Gasteiger partial charge in [-0.2, -0.15) is 4.98 Å². The molecule has 1 atom stereocenters. The van der Waals surface area contributed by atoms with Gasteiger partial charge in [0.05, 0.1) is 26.9 Å². The summed E-state index contributed by atoms with van der Waals surface area (Å²) >= 11 is 7.43. The number of benzene rings is 2. The van der Waals surface area contributed by atoms with E-state index in [1.165, 1.54) is 12.4 Å². The molecule has 5 aromatic rings. The summed E-state index contributed by atoms with van der Waals surface area (Å²) in [5.74, 6) is 0.416. The number of nitrogens with zero attached hydrogens (tertiary/aromatic N) is 4. The van der Waals surface area contributed by atoms with Gasteiger partial charge in [0.1, 0.15) is 5.82 Å². The molecule has 0 aliphatic carbocycles. The molecular weight excluding hydrogens is 532 g/mol. The maximum absolute atomic E-state index is 13.7. The molecule has 12 heteroatoms. The van der Waals surface area contributed by atoms with E-state index in [-0.39, 0.29) is 15.8 Å². The summed E-state index contributed by atoms with van der Waals surface area (Å²) in [5, 5.41) is 4.84. The topological polar surface area (TPSA) is 133 Å². The summed E-state index contributed by atoms with van der Waals surface area (Å²) in [4.78, 5) is 26.7. The number of aromatic nitrogens is 4. The van der Waals surface area contributed by atoms with Crippen molar-refractivity contribution in [2.45, 2.75) is 17.3 Å². The Kier molecular flexibility index (Phi) is 6.44. The highest BCUT2D eigenvalue weighted by molar-refractivity contribution is 7.92. The molecule has 0 aliphatic heterocycles. The van der Waals surface area contributed by atoms with Crippen LogP contribution < -0.4 is 16.6 Å². The molecule has 0 aliphatic rings. The van der Waals surface area contributed by atoms with Crippen molar-refractivity contribution in [2.75, 3.05) is 17.3 Å². The SMILES string of the molecule is CC(Nc1nc(N)ncc1-c1cnc(S(C)(=O)=O)s1)c1cc2cccc(Cl)c2c(=O)n1-c1ccccc1. The van der Waals surface area contributed by atoms with Gasteiger partial charge in [-0.1, -0.05) is 41.9 Å². The number of hydrogen-bond acceptors (Lipinski definition) is 9. The monoisotopic (exact) mass is 552 g/mol. The normalized spacial score (nSPS) is 12.5. The first-order chi connectivity index (χ1) is 17.6. The Bertz CT molecular complexity index is 1800. The minimum atomic E-state index is -3.47. The van der Waals surface area contributed by atoms with Crippen LogP contribution in [-0.2, 0) is 9.84 Å². The lowest BCUT2D eigenvalue weighted by Gasteiger charge is -2.22. The molecule has 0 amide bonds. The number of para-hydroxylation sites is 1. The minimum absolute atomic E-state index is 0.0114. The number of thiazole rings is 1. The van der Waals surface area contributed by atoms with E-state index < -0.39 is 15.9 Å². The van der Waals surface area contributed by atoms with Crippen LogP contribution in [0.1, 0.15) is 18.7 Å². The molecule has 0 fully saturated rings. The zero-order valence-electron chi connectivity index (χ0n) is 19.7. The maximum atomic E-state index is 13.7. The second-order valence-electron chi connectivity index (χ2n) is 8.37. The molecule has 37 heavy (non-hydrogen) atoms. The molecule has 1 unspecified atom stereocenters. The summed E-state index contributed by atoms with van der Waals surface area (Å²) in [5.41, 5.74) is 7.52. The fraction of sp³-hybridized carbons (Fsp3) is 0.120. The first kappa shape index (κ1) is 24.9. The fourth-order valence-corrected chi connectivity index (χ4v) is 6.06. The minimum Gasteiger partial charge on any atom is -0.368 e. The van der Waals surface area contributed by atoms with E-state index in [1.807, 2.05) is 49.4 Å². The van der Waals surface area contributed by atoms with Crippen LogP contribution in [0.15, 0.2) is 76.1 Å². The molecular formula is C25H21ClN6O3S2. The van der Waals surface area contributed by atoms with Crippen LogP contribution in [0, 0.1) is 0 Å². The van der Waals surface area contributed by atoms with Crippen LogP contribution in [0.2, 0.25) is 5.02 Å². The number of pyridine rings is 1. The molecule has 3 N–H and O–H groups in total. The van der Waals surface area contributed by atoms with Crippen molar-refractivity contribution in [3.63, 3.8) is 0 Å². The van der Waals surface area contributed by atoms with Gasteiger partial charge in [0.15, 0.2) is 0 Å². The van der Waals surface area contributed by atoms with Gasteiger partial charge < -0.3 is 11.1 Å². The lowest BCUT2D eigenvalue weighted by molar-refractivity contribution is 0.601. The summed E-state index contributed by atoms with van der Waals surface area (Å²) in [6.07, 6.45) is 4.08. The number of nitrogen functional groups attached to an aromatic ring is 1. The van der Waals surface area contributed by atoms with Crippen LogP contribution >= 0.6 is 22.9 Å². The Labute approximate surface area is 221 Å². The van der Waals surface area contributed by atoms with E-state index >= 15 is 0 Å². The third kappa shape index (κ3) is 4.80. The van der Waals surface area contributed by atoms with Crippen LogP contribution in [0.4, 0.5) is 11.8 Å². The zero-order valence-corrected chi connectivity index (χ0v) is 22.1. The molecule has 2 aromatic carbocycles. The first-order valence-electron chi connectivity index (χ1n) is 11.1. The number of anilines is 2. The van der Waals surface area contributed by atoms with Gasteiger partial charge in [-0.3, -0.25) is 9.36 Å². The number of fused-ring (bicyclic) bond motifs is 1. The van der Waals surface area contributed by atoms with Crippen molar-refractivity contribution >= 4 is 55.3 Å². The average Bonchev–Trinajstić information content (AvgIpc) is 3.35.